The lowest BCUT2D eigenvalue weighted by atomic mass is 9.96. The van der Waals surface area contributed by atoms with Gasteiger partial charge in [0.05, 0.1) is 25.7 Å². The molecule has 0 atom stereocenters. The van der Waals surface area contributed by atoms with E-state index >= 15 is 0 Å². The van der Waals surface area contributed by atoms with E-state index in [-0.39, 0.29) is 31.8 Å². The number of likely N-dealkylation sites (tertiary alicyclic amines) is 1. The number of hydrogen-bond acceptors (Lipinski definition) is 3. The molecule has 1 aliphatic heterocycles. The summed E-state index contributed by atoms with van der Waals surface area (Å²) in [4.78, 5) is 14.0. The highest BCUT2D eigenvalue weighted by atomic mass is 79.9. The first-order valence-electron chi connectivity index (χ1n) is 7.05. The molecule has 0 bridgehead atoms. The molecule has 0 aliphatic carbocycles. The Morgan fingerprint density at radius 1 is 1.17 bits per heavy atom. The van der Waals surface area contributed by atoms with E-state index in [9.17, 15) is 18.0 Å². The first-order chi connectivity index (χ1) is 10.8. The average Bonchev–Trinajstić information content (AvgIpc) is 2.53. The van der Waals surface area contributed by atoms with Crippen LogP contribution in [0, 0.1) is 5.92 Å². The Balaban J connectivity index is 2.16. The van der Waals surface area contributed by atoms with Crippen LogP contribution in [0.3, 0.4) is 0 Å². The smallest absolute Gasteiger partial charge is 0.391 e. The Hall–Kier alpha value is -1.44. The number of rotatable bonds is 3. The van der Waals surface area contributed by atoms with Crippen molar-refractivity contribution < 1.29 is 27.4 Å². The number of halogens is 4. The zero-order chi connectivity index (χ0) is 17.2. The Morgan fingerprint density at radius 3 is 2.17 bits per heavy atom. The van der Waals surface area contributed by atoms with E-state index in [0.29, 0.717) is 21.5 Å². The molecule has 4 nitrogen and oxygen atoms in total. The van der Waals surface area contributed by atoms with E-state index in [4.69, 9.17) is 9.47 Å². The van der Waals surface area contributed by atoms with Crippen LogP contribution in [-0.4, -0.2) is 44.3 Å². The summed E-state index contributed by atoms with van der Waals surface area (Å²) < 4.78 is 48.9. The number of ether oxygens (including phenoxy) is 2. The number of carbonyl (C=O) groups excluding carboxylic acids is 1. The summed E-state index contributed by atoms with van der Waals surface area (Å²) in [6, 6.07) is 3.13. The second-order valence-corrected chi connectivity index (χ2v) is 6.15. The quantitative estimate of drug-likeness (QED) is 0.779. The standard InChI is InChI=1S/C15H17BrF3NO3/c1-22-12-7-10(11(16)8-13(12)23-2)14(21)20-5-3-9(4-6-20)15(17,18)19/h7-9H,3-6H2,1-2H3. The Morgan fingerprint density at radius 2 is 1.70 bits per heavy atom. The van der Waals surface area contributed by atoms with Crippen LogP contribution in [-0.2, 0) is 0 Å². The van der Waals surface area contributed by atoms with Crippen LogP contribution in [0.1, 0.15) is 23.2 Å². The molecule has 1 amide bonds. The minimum absolute atomic E-state index is 0.0693. The molecule has 0 aromatic heterocycles. The van der Waals surface area contributed by atoms with Crippen LogP contribution < -0.4 is 9.47 Å². The van der Waals surface area contributed by atoms with Gasteiger partial charge in [-0.3, -0.25) is 4.79 Å². The topological polar surface area (TPSA) is 38.8 Å². The van der Waals surface area contributed by atoms with E-state index in [1.165, 1.54) is 25.2 Å². The van der Waals surface area contributed by atoms with Crippen LogP contribution >= 0.6 is 15.9 Å². The van der Waals surface area contributed by atoms with Crippen molar-refractivity contribution in [2.45, 2.75) is 19.0 Å². The molecule has 1 heterocycles. The molecule has 0 spiro atoms. The number of hydrogen-bond donors (Lipinski definition) is 0. The maximum Gasteiger partial charge on any atom is 0.391 e. The van der Waals surface area contributed by atoms with Crippen LogP contribution in [0.15, 0.2) is 16.6 Å². The summed E-state index contributed by atoms with van der Waals surface area (Å²) in [7, 11) is 2.93. The van der Waals surface area contributed by atoms with Gasteiger partial charge in [0.15, 0.2) is 11.5 Å². The molecule has 1 aliphatic rings. The van der Waals surface area contributed by atoms with Gasteiger partial charge in [-0.2, -0.15) is 13.2 Å². The second-order valence-electron chi connectivity index (χ2n) is 5.30. The molecular weight excluding hydrogens is 379 g/mol. The predicted molar refractivity (Wildman–Crippen MR) is 81.9 cm³/mol. The molecular formula is C15H17BrF3NO3. The first-order valence-corrected chi connectivity index (χ1v) is 7.84. The second kappa shape index (κ2) is 6.98. The maximum atomic E-state index is 12.7. The number of alkyl halides is 3. The molecule has 0 N–H and O–H groups in total. The lowest BCUT2D eigenvalue weighted by Gasteiger charge is -2.33. The van der Waals surface area contributed by atoms with E-state index in [1.807, 2.05) is 0 Å². The fraction of sp³-hybridized carbons (Fsp3) is 0.533. The van der Waals surface area contributed by atoms with E-state index in [0.717, 1.165) is 0 Å². The van der Waals surface area contributed by atoms with Crippen molar-refractivity contribution in [3.63, 3.8) is 0 Å². The number of methoxy groups -OCH3 is 2. The Kier molecular flexibility index (Phi) is 5.44. The molecule has 1 fully saturated rings. The molecule has 1 aromatic carbocycles. The van der Waals surface area contributed by atoms with Gasteiger partial charge in [0.1, 0.15) is 0 Å². The van der Waals surface area contributed by atoms with Gasteiger partial charge in [0.25, 0.3) is 5.91 Å². The zero-order valence-electron chi connectivity index (χ0n) is 12.7. The van der Waals surface area contributed by atoms with Gasteiger partial charge in [-0.15, -0.1) is 0 Å². The van der Waals surface area contributed by atoms with Crippen molar-refractivity contribution in [2.24, 2.45) is 5.92 Å². The van der Waals surface area contributed by atoms with Gasteiger partial charge in [0, 0.05) is 17.6 Å². The summed E-state index contributed by atoms with van der Waals surface area (Å²) in [5.74, 6) is -0.797. The van der Waals surface area contributed by atoms with Crippen molar-refractivity contribution in [2.75, 3.05) is 27.3 Å². The summed E-state index contributed by atoms with van der Waals surface area (Å²) in [6.45, 7) is 0.174. The molecule has 8 heteroatoms. The van der Waals surface area contributed by atoms with Gasteiger partial charge >= 0.3 is 6.18 Å². The number of nitrogens with zero attached hydrogens (tertiary/aromatic N) is 1. The lowest BCUT2D eigenvalue weighted by Crippen LogP contribution is -2.42. The van der Waals surface area contributed by atoms with Crippen molar-refractivity contribution in [1.82, 2.24) is 4.90 Å². The van der Waals surface area contributed by atoms with Crippen LogP contribution in [0.5, 0.6) is 11.5 Å². The third-order valence-corrected chi connectivity index (χ3v) is 4.60. The summed E-state index contributed by atoms with van der Waals surface area (Å²) in [6.07, 6.45) is -4.33. The summed E-state index contributed by atoms with van der Waals surface area (Å²) in [5, 5.41) is 0. The molecule has 2 rings (SSSR count). The highest BCUT2D eigenvalue weighted by Crippen LogP contribution is 2.36. The first kappa shape index (κ1) is 17.9. The fourth-order valence-electron chi connectivity index (χ4n) is 2.60. The molecule has 1 aromatic rings. The Bertz CT molecular complexity index is 584. The maximum absolute atomic E-state index is 12.7. The third-order valence-electron chi connectivity index (χ3n) is 3.95. The van der Waals surface area contributed by atoms with Gasteiger partial charge in [-0.25, -0.2) is 0 Å². The van der Waals surface area contributed by atoms with Crippen molar-refractivity contribution in [1.29, 1.82) is 0 Å². The molecule has 0 saturated carbocycles. The van der Waals surface area contributed by atoms with Crippen LogP contribution in [0.4, 0.5) is 13.2 Å². The Labute approximate surface area is 140 Å². The van der Waals surface area contributed by atoms with E-state index < -0.39 is 12.1 Å². The summed E-state index contributed by atoms with van der Waals surface area (Å²) in [5.41, 5.74) is 0.341. The normalized spacial score (nSPS) is 16.3. The molecule has 0 radical (unpaired) electrons. The van der Waals surface area contributed by atoms with Gasteiger partial charge in [-0.05, 0) is 40.9 Å². The fourth-order valence-corrected chi connectivity index (χ4v) is 3.09. The number of carbonyl (C=O) groups is 1. The highest BCUT2D eigenvalue weighted by molar-refractivity contribution is 9.10. The number of piperidine rings is 1. The lowest BCUT2D eigenvalue weighted by molar-refractivity contribution is -0.183. The number of amides is 1. The zero-order valence-corrected chi connectivity index (χ0v) is 14.3. The van der Waals surface area contributed by atoms with Gasteiger partial charge in [0.2, 0.25) is 0 Å². The minimum atomic E-state index is -4.20. The molecule has 23 heavy (non-hydrogen) atoms. The van der Waals surface area contributed by atoms with Crippen LogP contribution in [0.25, 0.3) is 0 Å². The molecule has 128 valence electrons. The van der Waals surface area contributed by atoms with Crippen molar-refractivity contribution in [3.8, 4) is 11.5 Å². The van der Waals surface area contributed by atoms with Gasteiger partial charge in [-0.1, -0.05) is 0 Å². The highest BCUT2D eigenvalue weighted by Gasteiger charge is 2.41. The van der Waals surface area contributed by atoms with Crippen molar-refractivity contribution in [3.05, 3.63) is 22.2 Å². The molecule has 1 saturated heterocycles. The number of benzene rings is 1. The summed E-state index contributed by atoms with van der Waals surface area (Å²) >= 11 is 3.30. The SMILES string of the molecule is COc1cc(Br)c(C(=O)N2CCC(C(F)(F)F)CC2)cc1OC. The largest absolute Gasteiger partial charge is 0.493 e. The minimum Gasteiger partial charge on any atom is -0.493 e. The van der Waals surface area contributed by atoms with Crippen molar-refractivity contribution >= 4 is 21.8 Å². The average molecular weight is 396 g/mol. The third kappa shape index (κ3) is 3.91. The van der Waals surface area contributed by atoms with Gasteiger partial charge < -0.3 is 14.4 Å². The predicted octanol–water partition coefficient (Wildman–Crippen LogP) is 3.88. The molecule has 0 unspecified atom stereocenters. The monoisotopic (exact) mass is 395 g/mol. The van der Waals surface area contributed by atoms with E-state index in [1.54, 1.807) is 6.07 Å². The van der Waals surface area contributed by atoms with Crippen LogP contribution in [0.2, 0.25) is 0 Å². The van der Waals surface area contributed by atoms with E-state index in [2.05, 4.69) is 15.9 Å².